The van der Waals surface area contributed by atoms with Crippen LogP contribution in [0, 0.1) is 13.8 Å². The van der Waals surface area contributed by atoms with Gasteiger partial charge in [-0.15, -0.1) is 21.5 Å². The molecule has 0 bridgehead atoms. The Kier molecular flexibility index (Phi) is 7.05. The average Bonchev–Trinajstić information content (AvgIpc) is 3.41. The predicted octanol–water partition coefficient (Wildman–Crippen LogP) is 5.42. The smallest absolute Gasteiger partial charge is 0.308 e. The van der Waals surface area contributed by atoms with Gasteiger partial charge in [-0.05, 0) is 43.5 Å². The topological polar surface area (TPSA) is 95.7 Å². The fraction of sp³-hybridized carbons (Fsp3) is 0.276. The number of Topliss-reactive ketones (excluding diaryl/α,β-unsaturated/α-hetero) is 1. The number of benzene rings is 2. The molecule has 0 N–H and O–H groups in total. The Morgan fingerprint density at radius 1 is 1.00 bits per heavy atom. The molecule has 0 unspecified atom stereocenters. The van der Waals surface area contributed by atoms with Crippen LogP contribution in [0.4, 0.5) is 0 Å². The largest absolute Gasteiger partial charge is 0.469 e. The summed E-state index contributed by atoms with van der Waals surface area (Å²) in [4.78, 5) is 30.4. The number of ketones is 1. The van der Waals surface area contributed by atoms with Crippen LogP contribution < -0.4 is 0 Å². The second-order valence-corrected chi connectivity index (χ2v) is 10.3. The number of aliphatic imine (C=N–C) groups is 1. The molecule has 1 aliphatic heterocycles. The van der Waals surface area contributed by atoms with Crippen molar-refractivity contribution in [1.29, 1.82) is 0 Å². The Hall–Kier alpha value is -3.95. The molecular formula is C29H28N4O4S. The first-order valence-corrected chi connectivity index (χ1v) is 13.0. The van der Waals surface area contributed by atoms with Crippen molar-refractivity contribution in [2.24, 2.45) is 4.99 Å². The van der Waals surface area contributed by atoms with Crippen molar-refractivity contribution >= 4 is 28.8 Å². The molecule has 0 saturated carbocycles. The fourth-order valence-electron chi connectivity index (χ4n) is 4.71. The number of ether oxygens (including phenoxy) is 2. The van der Waals surface area contributed by atoms with Gasteiger partial charge in [0.05, 0.1) is 25.8 Å². The van der Waals surface area contributed by atoms with E-state index in [2.05, 4.69) is 17.1 Å². The molecule has 8 nitrogen and oxygen atoms in total. The normalized spacial score (nSPS) is 14.3. The van der Waals surface area contributed by atoms with Gasteiger partial charge in [-0.1, -0.05) is 42.5 Å². The van der Waals surface area contributed by atoms with Crippen LogP contribution in [0.1, 0.15) is 63.0 Å². The van der Waals surface area contributed by atoms with Gasteiger partial charge >= 0.3 is 5.97 Å². The summed E-state index contributed by atoms with van der Waals surface area (Å²) in [6, 6.07) is 15.2. The van der Waals surface area contributed by atoms with Crippen molar-refractivity contribution in [3.8, 4) is 16.1 Å². The zero-order valence-corrected chi connectivity index (χ0v) is 22.8. The van der Waals surface area contributed by atoms with Gasteiger partial charge in [-0.25, -0.2) is 0 Å². The lowest BCUT2D eigenvalue weighted by molar-refractivity contribution is -0.141. The molecule has 1 aliphatic rings. The number of hydrogen-bond donors (Lipinski definition) is 0. The Labute approximate surface area is 225 Å². The summed E-state index contributed by atoms with van der Waals surface area (Å²) in [7, 11) is 3.05. The number of methoxy groups -OCH3 is 2. The molecular weight excluding hydrogens is 500 g/mol. The molecule has 5 rings (SSSR count). The van der Waals surface area contributed by atoms with Crippen LogP contribution in [0.5, 0.6) is 0 Å². The van der Waals surface area contributed by atoms with Crippen LogP contribution in [-0.4, -0.2) is 46.4 Å². The van der Waals surface area contributed by atoms with Gasteiger partial charge in [0.2, 0.25) is 0 Å². The molecule has 2 aromatic heterocycles. The predicted molar refractivity (Wildman–Crippen MR) is 146 cm³/mol. The maximum Gasteiger partial charge on any atom is 0.308 e. The summed E-state index contributed by atoms with van der Waals surface area (Å²) in [5, 5.41) is 9.69. The van der Waals surface area contributed by atoms with Crippen molar-refractivity contribution < 1.29 is 19.1 Å². The highest BCUT2D eigenvalue weighted by atomic mass is 32.1. The third kappa shape index (κ3) is 4.59. The lowest BCUT2D eigenvalue weighted by Crippen LogP contribution is -2.12. The second-order valence-electron chi connectivity index (χ2n) is 9.19. The zero-order chi connectivity index (χ0) is 27.0. The summed E-state index contributed by atoms with van der Waals surface area (Å²) in [6.45, 7) is 6.01. The lowest BCUT2D eigenvalue weighted by Gasteiger charge is -2.12. The lowest BCUT2D eigenvalue weighted by atomic mass is 9.96. The number of thiophene rings is 1. The molecule has 0 aliphatic carbocycles. The maximum absolute atomic E-state index is 12.4. The molecule has 0 radical (unpaired) electrons. The van der Waals surface area contributed by atoms with Crippen molar-refractivity contribution in [2.45, 2.75) is 39.8 Å². The Bertz CT molecular complexity index is 1570. The minimum absolute atomic E-state index is 0.0301. The first-order chi connectivity index (χ1) is 18.3. The molecule has 9 heteroatoms. The first-order valence-electron chi connectivity index (χ1n) is 12.2. The number of hydrogen-bond acceptors (Lipinski definition) is 8. The molecule has 2 aromatic carbocycles. The number of nitrogens with zero attached hydrogens (tertiary/aromatic N) is 4. The van der Waals surface area contributed by atoms with Crippen molar-refractivity contribution in [1.82, 2.24) is 14.8 Å². The van der Waals surface area contributed by atoms with Crippen LogP contribution in [0.15, 0.2) is 53.5 Å². The molecule has 0 amide bonds. The molecule has 4 aromatic rings. The highest BCUT2D eigenvalue weighted by molar-refractivity contribution is 7.15. The Morgan fingerprint density at radius 2 is 1.74 bits per heavy atom. The second kappa shape index (κ2) is 10.4. The zero-order valence-electron chi connectivity index (χ0n) is 21.9. The SMILES string of the molecule is COCc1sc2c(c1C)C(c1ccc(-c3cccc(C(C)=O)c3)cc1)=N[C@@H](CC(=O)OC)c1nnc(C)n1-2. The summed E-state index contributed by atoms with van der Waals surface area (Å²) < 4.78 is 12.5. The fourth-order valence-corrected chi connectivity index (χ4v) is 6.04. The number of carbonyl (C=O) groups excluding carboxylic acids is 2. The van der Waals surface area contributed by atoms with E-state index in [9.17, 15) is 9.59 Å². The molecule has 0 fully saturated rings. The standard InChI is InChI=1S/C29H28N4O4S/c1-16-24(15-36-4)38-29-26(16)27(30-23(14-25(35)37-5)28-32-31-18(3)33(28)29)20-11-9-19(10-12-20)22-8-6-7-21(13-22)17(2)34/h6-13,23H,14-15H2,1-5H3/t23-/m0/s1. The average molecular weight is 529 g/mol. The number of fused-ring (bicyclic) bond motifs is 3. The van der Waals surface area contributed by atoms with E-state index in [0.717, 1.165) is 49.2 Å². The van der Waals surface area contributed by atoms with Crippen LogP contribution in [0.25, 0.3) is 16.1 Å². The van der Waals surface area contributed by atoms with E-state index in [1.165, 1.54) is 7.11 Å². The number of rotatable bonds is 7. The van der Waals surface area contributed by atoms with Crippen molar-refractivity contribution in [3.63, 3.8) is 0 Å². The number of carbonyl (C=O) groups is 2. The third-order valence-electron chi connectivity index (χ3n) is 6.72. The third-order valence-corrected chi connectivity index (χ3v) is 7.97. The van der Waals surface area contributed by atoms with E-state index in [0.29, 0.717) is 18.0 Å². The maximum atomic E-state index is 12.4. The van der Waals surface area contributed by atoms with E-state index in [1.807, 2.05) is 60.0 Å². The highest BCUT2D eigenvalue weighted by Crippen LogP contribution is 2.40. The quantitative estimate of drug-likeness (QED) is 0.235. The van der Waals surface area contributed by atoms with Gasteiger partial charge in [0.1, 0.15) is 16.9 Å². The monoisotopic (exact) mass is 528 g/mol. The Balaban J connectivity index is 1.67. The van der Waals surface area contributed by atoms with Crippen molar-refractivity contribution in [3.05, 3.63) is 87.3 Å². The van der Waals surface area contributed by atoms with Gasteiger partial charge in [0.15, 0.2) is 11.6 Å². The first kappa shape index (κ1) is 25.7. The van der Waals surface area contributed by atoms with Crippen LogP contribution in [0.3, 0.4) is 0 Å². The molecule has 3 heterocycles. The van der Waals surface area contributed by atoms with E-state index >= 15 is 0 Å². The minimum atomic E-state index is -0.560. The Morgan fingerprint density at radius 3 is 2.42 bits per heavy atom. The van der Waals surface area contributed by atoms with Crippen LogP contribution in [0.2, 0.25) is 0 Å². The summed E-state index contributed by atoms with van der Waals surface area (Å²) in [6.07, 6.45) is 0.0486. The molecule has 0 spiro atoms. The van der Waals surface area contributed by atoms with Gasteiger partial charge < -0.3 is 9.47 Å². The highest BCUT2D eigenvalue weighted by Gasteiger charge is 2.33. The summed E-state index contributed by atoms with van der Waals surface area (Å²) in [5.74, 6) is 0.987. The number of aromatic nitrogens is 3. The van der Waals surface area contributed by atoms with Crippen LogP contribution >= 0.6 is 11.3 Å². The van der Waals surface area contributed by atoms with Gasteiger partial charge in [0.25, 0.3) is 0 Å². The molecule has 38 heavy (non-hydrogen) atoms. The van der Waals surface area contributed by atoms with Gasteiger partial charge in [-0.3, -0.25) is 19.1 Å². The van der Waals surface area contributed by atoms with E-state index in [1.54, 1.807) is 25.4 Å². The van der Waals surface area contributed by atoms with Crippen LogP contribution in [-0.2, 0) is 20.9 Å². The number of aryl methyl sites for hydroxylation is 1. The van der Waals surface area contributed by atoms with E-state index in [-0.39, 0.29) is 18.2 Å². The molecule has 194 valence electrons. The minimum Gasteiger partial charge on any atom is -0.469 e. The van der Waals surface area contributed by atoms with E-state index < -0.39 is 6.04 Å². The summed E-state index contributed by atoms with van der Waals surface area (Å²) >= 11 is 1.62. The van der Waals surface area contributed by atoms with Crippen molar-refractivity contribution in [2.75, 3.05) is 14.2 Å². The van der Waals surface area contributed by atoms with Gasteiger partial charge in [-0.2, -0.15) is 0 Å². The molecule has 1 atom stereocenters. The number of esters is 1. The summed E-state index contributed by atoms with van der Waals surface area (Å²) in [5.41, 5.74) is 6.37. The van der Waals surface area contributed by atoms with Gasteiger partial charge in [0, 0.05) is 28.7 Å². The molecule has 0 saturated heterocycles. The van der Waals surface area contributed by atoms with E-state index in [4.69, 9.17) is 14.5 Å².